The van der Waals surface area contributed by atoms with Crippen LogP contribution in [0, 0.1) is 0 Å². The van der Waals surface area contributed by atoms with Crippen molar-refractivity contribution >= 4 is 23.6 Å². The molecule has 0 aliphatic rings. The Bertz CT molecular complexity index is 263. The molecule has 0 fully saturated rings. The molecule has 0 aromatic heterocycles. The van der Waals surface area contributed by atoms with Gasteiger partial charge in [-0.3, -0.25) is 0 Å². The molecule has 4 amide bonds. The van der Waals surface area contributed by atoms with Crippen molar-refractivity contribution in [3.05, 3.63) is 0 Å². The van der Waals surface area contributed by atoms with E-state index in [4.69, 9.17) is 0 Å². The minimum absolute atomic E-state index is 0. The molecule has 0 unspecified atom stereocenters. The molecule has 0 aliphatic carbocycles. The monoisotopic (exact) mass is 662 g/mol. The maximum Gasteiger partial charge on any atom is -1.00 e. The second kappa shape index (κ2) is 19.2. The summed E-state index contributed by atoms with van der Waals surface area (Å²) in [5.74, 6) is -0.252. The molecule has 20 heavy (non-hydrogen) atoms. The zero-order valence-electron chi connectivity index (χ0n) is 11.4. The maximum absolute atomic E-state index is 10.2. The second-order valence-corrected chi connectivity index (χ2v) is 8.36. The Hall–Kier alpha value is 0.200. The van der Waals surface area contributed by atoms with Crippen LogP contribution in [0.1, 0.15) is 27.7 Å². The number of halogens is 2. The fourth-order valence-electron chi connectivity index (χ4n) is 0.415. The predicted octanol–water partition coefficient (Wildman–Crippen LogP) is -7.65. The number of amides is 4. The molecule has 0 rings (SSSR count). The Morgan fingerprint density at radius 3 is 0.800 bits per heavy atom. The largest absolute Gasteiger partial charge is 1.00 e. The number of carbonyl (C=O) groups excluding carboxylic acids is 4. The van der Waals surface area contributed by atoms with Crippen LogP contribution in [0.25, 0.3) is 0 Å². The first-order valence-corrected chi connectivity index (χ1v) is 12.0. The van der Waals surface area contributed by atoms with E-state index in [0.717, 1.165) is 0 Å². The van der Waals surface area contributed by atoms with Gasteiger partial charge >= 0.3 is 131 Å². The zero-order valence-corrected chi connectivity index (χ0v) is 20.1. The summed E-state index contributed by atoms with van der Waals surface area (Å²) in [5.41, 5.74) is 0. The first-order valence-electron chi connectivity index (χ1n) is 4.82. The van der Waals surface area contributed by atoms with Crippen LogP contribution in [0.2, 0.25) is 0 Å². The molecule has 0 atom stereocenters. The van der Waals surface area contributed by atoms with Crippen LogP contribution in [0.4, 0.5) is 0 Å². The van der Waals surface area contributed by atoms with E-state index in [-0.39, 0.29) is 48.4 Å². The smallest absolute Gasteiger partial charge is 1.00 e. The van der Waals surface area contributed by atoms with Crippen LogP contribution in [0.3, 0.4) is 0 Å². The molecule has 0 bridgehead atoms. The Balaban J connectivity index is -0.000000116. The average molecular weight is 660 g/mol. The number of nitrogens with one attached hydrogen (secondary N) is 4. The van der Waals surface area contributed by atoms with E-state index < -0.39 is 47.0 Å². The summed E-state index contributed by atoms with van der Waals surface area (Å²) >= 11 is -2.64. The molecule has 114 valence electrons. The topological polar surface area (TPSA) is 116 Å². The number of hydrogen-bond donors (Lipinski definition) is 4. The molecular formula is C8H16Cl2Hf2N4O4. The van der Waals surface area contributed by atoms with E-state index in [9.17, 15) is 19.2 Å². The van der Waals surface area contributed by atoms with Crippen molar-refractivity contribution < 1.29 is 91.0 Å². The molecule has 0 heterocycles. The van der Waals surface area contributed by atoms with Gasteiger partial charge in [-0.15, -0.1) is 0 Å². The minimum Gasteiger partial charge on any atom is -1.00 e. The van der Waals surface area contributed by atoms with Gasteiger partial charge < -0.3 is 24.8 Å². The molecule has 0 aliphatic heterocycles. The van der Waals surface area contributed by atoms with Crippen LogP contribution < -0.4 is 38.0 Å². The SMILES string of the molecule is CC(=O)[NH][Hf+][NH]C(C)=O.CC(=O)[NH][Hf+][NH]C(C)=O.[Cl-].[Cl-]. The first kappa shape index (κ1) is 28.4. The van der Waals surface area contributed by atoms with E-state index in [1.807, 2.05) is 0 Å². The van der Waals surface area contributed by atoms with Gasteiger partial charge in [0.2, 0.25) is 0 Å². The summed E-state index contributed by atoms with van der Waals surface area (Å²) in [6.45, 7) is 5.76. The van der Waals surface area contributed by atoms with Crippen LogP contribution in [0.5, 0.6) is 0 Å². The summed E-state index contributed by atoms with van der Waals surface area (Å²) < 4.78 is 10.4. The third-order valence-electron chi connectivity index (χ3n) is 0.954. The fraction of sp³-hybridized carbons (Fsp3) is 0.500. The normalized spacial score (nSPS) is 6.60. The molecule has 0 spiro atoms. The molecule has 0 aromatic rings. The first-order chi connectivity index (χ1) is 8.25. The van der Waals surface area contributed by atoms with E-state index in [1.54, 1.807) is 0 Å². The molecule has 0 radical (unpaired) electrons. The molecule has 0 saturated carbocycles. The van der Waals surface area contributed by atoms with Crippen molar-refractivity contribution in [3.63, 3.8) is 0 Å². The fourth-order valence-corrected chi connectivity index (χ4v) is 3.39. The minimum atomic E-state index is -1.32. The molecule has 0 saturated heterocycles. The van der Waals surface area contributed by atoms with E-state index in [2.05, 4.69) is 13.2 Å². The Morgan fingerprint density at radius 1 is 0.550 bits per heavy atom. The maximum atomic E-state index is 10.2. The summed E-state index contributed by atoms with van der Waals surface area (Å²) in [5, 5.41) is 0. The van der Waals surface area contributed by atoms with Crippen LogP contribution >= 0.6 is 0 Å². The van der Waals surface area contributed by atoms with Gasteiger partial charge in [0.1, 0.15) is 0 Å². The average Bonchev–Trinajstić information content (AvgIpc) is 2.15. The van der Waals surface area contributed by atoms with Gasteiger partial charge in [-0.25, -0.2) is 0 Å². The number of rotatable bonds is 4. The van der Waals surface area contributed by atoms with Gasteiger partial charge in [-0.1, -0.05) is 0 Å². The molecule has 12 heteroatoms. The standard InChI is InChI=1S/4C2H5NO.2ClH.2Hf/c4*1-2(3)4;;;;/h4*1H3,(H2,3,4);2*1H;;/q;;;;;;2*+3/p-6. The van der Waals surface area contributed by atoms with Crippen LogP contribution in [-0.4, -0.2) is 23.6 Å². The predicted molar refractivity (Wildman–Crippen MR) is 55.3 cm³/mol. The van der Waals surface area contributed by atoms with Gasteiger partial charge in [0.05, 0.1) is 0 Å². The molecule has 0 aromatic carbocycles. The Morgan fingerprint density at radius 2 is 0.700 bits per heavy atom. The van der Waals surface area contributed by atoms with E-state index in [1.165, 1.54) is 27.7 Å². The van der Waals surface area contributed by atoms with Crippen molar-refractivity contribution in [1.82, 2.24) is 13.2 Å². The summed E-state index contributed by atoms with van der Waals surface area (Å²) in [4.78, 5) is 40.8. The summed E-state index contributed by atoms with van der Waals surface area (Å²) in [6, 6.07) is 0. The summed E-state index contributed by atoms with van der Waals surface area (Å²) in [7, 11) is 0. The van der Waals surface area contributed by atoms with Gasteiger partial charge in [-0.05, 0) is 0 Å². The van der Waals surface area contributed by atoms with Crippen LogP contribution in [0.15, 0.2) is 0 Å². The molecule has 8 nitrogen and oxygen atoms in total. The third-order valence-corrected chi connectivity index (χ3v) is 7.81. The van der Waals surface area contributed by atoms with Crippen molar-refractivity contribution in [2.24, 2.45) is 0 Å². The summed E-state index contributed by atoms with van der Waals surface area (Å²) in [6.07, 6.45) is 0. The number of carbonyl (C=O) groups is 4. The van der Waals surface area contributed by atoms with Gasteiger partial charge in [0.15, 0.2) is 0 Å². The molecule has 4 N–H and O–H groups in total. The van der Waals surface area contributed by atoms with Gasteiger partial charge in [0.25, 0.3) is 0 Å². The van der Waals surface area contributed by atoms with Crippen molar-refractivity contribution in [2.45, 2.75) is 27.7 Å². The van der Waals surface area contributed by atoms with Gasteiger partial charge in [-0.2, -0.15) is 0 Å². The third kappa shape index (κ3) is 36.2. The molecular weight excluding hydrogens is 644 g/mol. The van der Waals surface area contributed by atoms with Crippen molar-refractivity contribution in [1.29, 1.82) is 0 Å². The Kier molecular flexibility index (Phi) is 27.2. The van der Waals surface area contributed by atoms with Crippen LogP contribution in [-0.2, 0) is 66.1 Å². The van der Waals surface area contributed by atoms with Gasteiger partial charge in [0, 0.05) is 0 Å². The Labute approximate surface area is 154 Å². The zero-order chi connectivity index (χ0) is 14.6. The quantitative estimate of drug-likeness (QED) is 0.225. The second-order valence-electron chi connectivity index (χ2n) is 2.97. The van der Waals surface area contributed by atoms with E-state index >= 15 is 0 Å². The van der Waals surface area contributed by atoms with Crippen molar-refractivity contribution in [3.8, 4) is 0 Å². The van der Waals surface area contributed by atoms with Crippen molar-refractivity contribution in [2.75, 3.05) is 0 Å². The number of hydrogen-bond acceptors (Lipinski definition) is 4. The van der Waals surface area contributed by atoms with E-state index in [0.29, 0.717) is 0 Å².